The van der Waals surface area contributed by atoms with Crippen LogP contribution in [0.5, 0.6) is 0 Å². The molecule has 1 N–H and O–H groups in total. The molecule has 49 heavy (non-hydrogen) atoms. The van der Waals surface area contributed by atoms with Crippen LogP contribution in [0.1, 0.15) is 71.1 Å². The molecule has 0 unspecified atom stereocenters. The maximum absolute atomic E-state index is 13.1. The van der Waals surface area contributed by atoms with Gasteiger partial charge >= 0.3 is 0 Å². The van der Waals surface area contributed by atoms with Gasteiger partial charge in [-0.25, -0.2) is 0 Å². The molecule has 7 nitrogen and oxygen atoms in total. The monoisotopic (exact) mass is 688 g/mol. The lowest BCUT2D eigenvalue weighted by atomic mass is 9.94. The van der Waals surface area contributed by atoms with Crippen molar-refractivity contribution < 1.29 is 33.3 Å². The first-order chi connectivity index (χ1) is 23.6. The van der Waals surface area contributed by atoms with E-state index in [-0.39, 0.29) is 19.0 Å². The zero-order chi connectivity index (χ0) is 35.2. The molecular weight excluding hydrogens is 633 g/mol. The Bertz CT molecular complexity index is 1380. The van der Waals surface area contributed by atoms with Gasteiger partial charge in [-0.3, -0.25) is 4.79 Å². The molecule has 0 aromatic heterocycles. The summed E-state index contributed by atoms with van der Waals surface area (Å²) >= 11 is 0. The number of hydrogen-bond donors (Lipinski definition) is 1. The average Bonchev–Trinajstić information content (AvgIpc) is 3.09. The number of hydrogen-bond acceptors (Lipinski definition) is 7. The van der Waals surface area contributed by atoms with Crippen LogP contribution in [-0.4, -0.2) is 56.5 Å². The fourth-order valence-electron chi connectivity index (χ4n) is 7.08. The van der Waals surface area contributed by atoms with Crippen LogP contribution in [0.2, 0.25) is 16.6 Å². The van der Waals surface area contributed by atoms with Crippen molar-refractivity contribution in [2.75, 3.05) is 6.61 Å². The fourth-order valence-corrected chi connectivity index (χ4v) is 12.3. The molecule has 4 rings (SSSR count). The number of aliphatic hydroxyl groups excluding tert-OH is 1. The van der Waals surface area contributed by atoms with Gasteiger partial charge in [-0.2, -0.15) is 0 Å². The van der Waals surface area contributed by atoms with E-state index in [0.717, 1.165) is 16.7 Å². The Hall–Kier alpha value is -3.11. The lowest BCUT2D eigenvalue weighted by Gasteiger charge is -2.44. The van der Waals surface area contributed by atoms with E-state index in [1.165, 1.54) is 0 Å². The van der Waals surface area contributed by atoms with Gasteiger partial charge in [0.25, 0.3) is 14.3 Å². The fraction of sp³-hybridized carbons (Fsp3) is 0.488. The second-order valence-electron chi connectivity index (χ2n) is 13.9. The van der Waals surface area contributed by atoms with E-state index in [2.05, 4.69) is 41.5 Å². The summed E-state index contributed by atoms with van der Waals surface area (Å²) in [7, 11) is -2.31. The lowest BCUT2D eigenvalue weighted by molar-refractivity contribution is -0.251. The van der Waals surface area contributed by atoms with Crippen LogP contribution in [0.25, 0.3) is 0 Å². The SMILES string of the molecule is CC(C)[Si](OC(=O)CC/C=C/[C@H]1O[C@H](COCc2ccccc2)[C@@H](OCc2ccccc2)[C@H](OCc2ccccc2)[C@H]1O)(C(C)C)C(C)C. The van der Waals surface area contributed by atoms with Gasteiger partial charge in [0.2, 0.25) is 0 Å². The van der Waals surface area contributed by atoms with E-state index in [4.69, 9.17) is 23.4 Å². The molecule has 8 heteroatoms. The van der Waals surface area contributed by atoms with Gasteiger partial charge in [-0.15, -0.1) is 0 Å². The summed E-state index contributed by atoms with van der Waals surface area (Å²) < 4.78 is 32.0. The van der Waals surface area contributed by atoms with Gasteiger partial charge in [0.1, 0.15) is 30.5 Å². The van der Waals surface area contributed by atoms with E-state index >= 15 is 0 Å². The summed E-state index contributed by atoms with van der Waals surface area (Å²) in [6, 6.07) is 29.8. The molecule has 0 spiro atoms. The Morgan fingerprint density at radius 1 is 0.735 bits per heavy atom. The van der Waals surface area contributed by atoms with E-state index in [9.17, 15) is 9.90 Å². The first-order valence-corrected chi connectivity index (χ1v) is 19.9. The topological polar surface area (TPSA) is 83.5 Å². The standard InChI is InChI=1S/C41H56O7Si/c1-30(2)49(31(3)4,32(5)6)48-38(42)25-17-16-24-36-39(43)41(46-28-35-22-14-9-15-23-35)40(45-27-34-20-12-8-13-21-34)37(47-36)29-44-26-33-18-10-7-11-19-33/h7-16,18-24,30-32,36-37,39-41,43H,17,25-29H2,1-6H3/b24-16+/t36-,37-,39+,40-,41-/m1/s1. The Morgan fingerprint density at radius 3 is 1.69 bits per heavy atom. The minimum Gasteiger partial charge on any atom is -0.518 e. The summed E-state index contributed by atoms with van der Waals surface area (Å²) in [4.78, 5) is 13.1. The third-order valence-electron chi connectivity index (χ3n) is 9.50. The number of ether oxygens (including phenoxy) is 4. The maximum Gasteiger partial charge on any atom is 0.292 e. The smallest absolute Gasteiger partial charge is 0.292 e. The molecule has 266 valence electrons. The second-order valence-corrected chi connectivity index (χ2v) is 19.3. The van der Waals surface area contributed by atoms with Gasteiger partial charge in [0.15, 0.2) is 0 Å². The molecule has 1 saturated heterocycles. The van der Waals surface area contributed by atoms with Crippen molar-refractivity contribution in [3.05, 3.63) is 120 Å². The number of benzene rings is 3. The molecule has 5 atom stereocenters. The van der Waals surface area contributed by atoms with Crippen LogP contribution < -0.4 is 0 Å². The minimum atomic E-state index is -2.31. The van der Waals surface area contributed by atoms with Crippen LogP contribution in [0.3, 0.4) is 0 Å². The zero-order valence-electron chi connectivity index (χ0n) is 30.1. The van der Waals surface area contributed by atoms with Crippen LogP contribution in [-0.2, 0) is 48.0 Å². The first kappa shape index (κ1) is 38.7. The molecule has 1 heterocycles. The normalized spacial score (nSPS) is 21.6. The molecule has 1 aliphatic rings. The molecular formula is C41H56O7Si. The third-order valence-corrected chi connectivity index (χ3v) is 15.5. The highest BCUT2D eigenvalue weighted by atomic mass is 28.4. The van der Waals surface area contributed by atoms with Crippen molar-refractivity contribution in [3.8, 4) is 0 Å². The summed E-state index contributed by atoms with van der Waals surface area (Å²) in [6.07, 6.45) is 0.962. The number of rotatable bonds is 18. The average molecular weight is 689 g/mol. The number of aliphatic hydroxyl groups is 1. The summed E-state index contributed by atoms with van der Waals surface area (Å²) in [5, 5.41) is 11.7. The molecule has 0 bridgehead atoms. The zero-order valence-corrected chi connectivity index (χ0v) is 31.1. The summed E-state index contributed by atoms with van der Waals surface area (Å²) in [5.74, 6) is -0.164. The van der Waals surface area contributed by atoms with Gasteiger partial charge in [0, 0.05) is 6.42 Å². The molecule has 0 radical (unpaired) electrons. The van der Waals surface area contributed by atoms with Crippen molar-refractivity contribution in [3.63, 3.8) is 0 Å². The Labute approximate surface area is 294 Å². The first-order valence-electron chi connectivity index (χ1n) is 17.8. The predicted octanol–water partition coefficient (Wildman–Crippen LogP) is 8.56. The summed E-state index contributed by atoms with van der Waals surface area (Å²) in [6.45, 7) is 14.4. The van der Waals surface area contributed by atoms with Gasteiger partial charge in [-0.1, -0.05) is 145 Å². The molecule has 3 aromatic rings. The van der Waals surface area contributed by atoms with Gasteiger partial charge < -0.3 is 28.5 Å². The highest BCUT2D eigenvalue weighted by Crippen LogP contribution is 2.42. The molecule has 0 aliphatic carbocycles. The maximum atomic E-state index is 13.1. The highest BCUT2D eigenvalue weighted by Gasteiger charge is 2.48. The number of carbonyl (C=O) groups excluding carboxylic acids is 1. The molecule has 1 aliphatic heterocycles. The third kappa shape index (κ3) is 10.9. The van der Waals surface area contributed by atoms with Crippen LogP contribution >= 0.6 is 0 Å². The van der Waals surface area contributed by atoms with E-state index in [1.54, 1.807) is 0 Å². The highest BCUT2D eigenvalue weighted by molar-refractivity contribution is 6.78. The number of carbonyl (C=O) groups is 1. The Morgan fingerprint density at radius 2 is 1.20 bits per heavy atom. The van der Waals surface area contributed by atoms with Crippen molar-refractivity contribution in [2.45, 2.75) is 121 Å². The van der Waals surface area contributed by atoms with E-state index < -0.39 is 38.8 Å². The van der Waals surface area contributed by atoms with Crippen LogP contribution in [0.4, 0.5) is 0 Å². The van der Waals surface area contributed by atoms with Crippen molar-refractivity contribution in [2.24, 2.45) is 0 Å². The van der Waals surface area contributed by atoms with Crippen molar-refractivity contribution >= 4 is 14.3 Å². The minimum absolute atomic E-state index is 0.164. The number of allylic oxidation sites excluding steroid dienone is 1. The van der Waals surface area contributed by atoms with Crippen LogP contribution in [0.15, 0.2) is 103 Å². The quantitative estimate of drug-likeness (QED) is 0.106. The van der Waals surface area contributed by atoms with E-state index in [0.29, 0.717) is 42.9 Å². The molecule has 0 saturated carbocycles. The molecule has 0 amide bonds. The Balaban J connectivity index is 1.50. The second kappa shape index (κ2) is 19.3. The van der Waals surface area contributed by atoms with Gasteiger partial charge in [0.05, 0.1) is 26.4 Å². The van der Waals surface area contributed by atoms with Crippen molar-refractivity contribution in [1.29, 1.82) is 0 Å². The lowest BCUT2D eigenvalue weighted by Crippen LogP contribution is -2.60. The summed E-state index contributed by atoms with van der Waals surface area (Å²) in [5.41, 5.74) is 4.03. The molecule has 3 aromatic carbocycles. The molecule has 1 fully saturated rings. The predicted molar refractivity (Wildman–Crippen MR) is 196 cm³/mol. The largest absolute Gasteiger partial charge is 0.518 e. The van der Waals surface area contributed by atoms with Crippen LogP contribution in [0, 0.1) is 0 Å². The van der Waals surface area contributed by atoms with E-state index in [1.807, 2.05) is 103 Å². The van der Waals surface area contributed by atoms with Crippen molar-refractivity contribution in [1.82, 2.24) is 0 Å². The van der Waals surface area contributed by atoms with Gasteiger partial charge in [-0.05, 0) is 39.7 Å². The Kier molecular flexibility index (Phi) is 15.3.